The van der Waals surface area contributed by atoms with Crippen LogP contribution < -0.4 is 0 Å². The van der Waals surface area contributed by atoms with Crippen molar-refractivity contribution < 1.29 is 0 Å². The number of nitrogens with zero attached hydrogens (tertiary/aromatic N) is 3. The predicted molar refractivity (Wildman–Crippen MR) is 49.1 cm³/mol. The van der Waals surface area contributed by atoms with Gasteiger partial charge in [0.15, 0.2) is 0 Å². The van der Waals surface area contributed by atoms with Crippen LogP contribution in [0.25, 0.3) is 11.4 Å². The van der Waals surface area contributed by atoms with E-state index in [9.17, 15) is 0 Å². The molecule has 0 saturated heterocycles. The number of hydrogen-bond acceptors (Lipinski definition) is 2. The Kier molecular flexibility index (Phi) is 1.75. The molecule has 3 nitrogen and oxygen atoms in total. The highest BCUT2D eigenvalue weighted by Gasteiger charge is 2.11. The summed E-state index contributed by atoms with van der Waals surface area (Å²) in [4.78, 5) is 4.25. The standard InChI is InChI=1S/C10H9N3/c1-13-6-2-3-9-8(4-5-11)7-12-10(9)13/h2-3,6-7H,4H2,1H3. The van der Waals surface area contributed by atoms with Gasteiger partial charge in [0.25, 0.3) is 0 Å². The normalized spacial score (nSPS) is 10.2. The number of nitriles is 1. The van der Waals surface area contributed by atoms with Crippen LogP contribution >= 0.6 is 0 Å². The van der Waals surface area contributed by atoms with E-state index in [0.717, 1.165) is 17.0 Å². The third-order valence-corrected chi connectivity index (χ3v) is 2.11. The highest BCUT2D eigenvalue weighted by molar-refractivity contribution is 5.63. The van der Waals surface area contributed by atoms with Crippen LogP contribution in [-0.2, 0) is 13.5 Å². The Labute approximate surface area is 76.6 Å². The molecule has 3 heteroatoms. The molecule has 0 bridgehead atoms. The largest absolute Gasteiger partial charge is 0.336 e. The quantitative estimate of drug-likeness (QED) is 0.653. The van der Waals surface area contributed by atoms with Crippen LogP contribution in [0, 0.1) is 11.3 Å². The van der Waals surface area contributed by atoms with E-state index < -0.39 is 0 Å². The summed E-state index contributed by atoms with van der Waals surface area (Å²) in [6.07, 6.45) is 4.15. The summed E-state index contributed by atoms with van der Waals surface area (Å²) in [5, 5.41) is 8.58. The second kappa shape index (κ2) is 2.91. The van der Waals surface area contributed by atoms with Crippen LogP contribution in [0.1, 0.15) is 5.56 Å². The van der Waals surface area contributed by atoms with Crippen molar-refractivity contribution in [3.8, 4) is 17.5 Å². The van der Waals surface area contributed by atoms with Gasteiger partial charge in [-0.05, 0) is 17.7 Å². The van der Waals surface area contributed by atoms with Crippen LogP contribution in [-0.4, -0.2) is 9.55 Å². The maximum Gasteiger partial charge on any atom is 0.139 e. The van der Waals surface area contributed by atoms with Gasteiger partial charge in [0.05, 0.1) is 12.5 Å². The van der Waals surface area contributed by atoms with E-state index in [0.29, 0.717) is 6.42 Å². The van der Waals surface area contributed by atoms with E-state index in [-0.39, 0.29) is 0 Å². The number of aromatic nitrogens is 2. The van der Waals surface area contributed by atoms with E-state index in [4.69, 9.17) is 5.26 Å². The minimum Gasteiger partial charge on any atom is -0.336 e. The van der Waals surface area contributed by atoms with Crippen LogP contribution in [0.2, 0.25) is 0 Å². The van der Waals surface area contributed by atoms with Gasteiger partial charge in [-0.25, -0.2) is 4.98 Å². The van der Waals surface area contributed by atoms with E-state index >= 15 is 0 Å². The maximum atomic E-state index is 8.58. The zero-order valence-electron chi connectivity index (χ0n) is 7.36. The third-order valence-electron chi connectivity index (χ3n) is 2.11. The number of rotatable bonds is 1. The SMILES string of the molecule is Cn1cccc2c(CC#N)cnc1-2. The van der Waals surface area contributed by atoms with Gasteiger partial charge < -0.3 is 4.57 Å². The molecule has 0 aromatic heterocycles. The minimum absolute atomic E-state index is 0.431. The molecule has 13 heavy (non-hydrogen) atoms. The van der Waals surface area contributed by atoms with Gasteiger partial charge in [0.1, 0.15) is 5.82 Å². The van der Waals surface area contributed by atoms with Crippen LogP contribution in [0.3, 0.4) is 0 Å². The molecule has 0 aromatic carbocycles. The minimum atomic E-state index is 0.431. The van der Waals surface area contributed by atoms with Crippen molar-refractivity contribution in [1.29, 1.82) is 5.26 Å². The first-order chi connectivity index (χ1) is 6.33. The van der Waals surface area contributed by atoms with Crippen LogP contribution in [0.4, 0.5) is 0 Å². The number of hydrogen-bond donors (Lipinski definition) is 0. The van der Waals surface area contributed by atoms with Crippen molar-refractivity contribution in [2.45, 2.75) is 6.42 Å². The molecule has 2 aliphatic heterocycles. The van der Waals surface area contributed by atoms with Gasteiger partial charge >= 0.3 is 0 Å². The lowest BCUT2D eigenvalue weighted by Gasteiger charge is -2.04. The average molecular weight is 171 g/mol. The number of fused-ring (bicyclic) bond motifs is 1. The van der Waals surface area contributed by atoms with Gasteiger partial charge in [0.2, 0.25) is 0 Å². The van der Waals surface area contributed by atoms with Gasteiger partial charge in [-0.1, -0.05) is 0 Å². The first-order valence-electron chi connectivity index (χ1n) is 4.09. The molecule has 0 atom stereocenters. The van der Waals surface area contributed by atoms with Crippen molar-refractivity contribution in [3.05, 3.63) is 30.1 Å². The molecular weight excluding hydrogens is 162 g/mol. The molecule has 0 radical (unpaired) electrons. The molecule has 64 valence electrons. The monoisotopic (exact) mass is 171 g/mol. The summed E-state index contributed by atoms with van der Waals surface area (Å²) >= 11 is 0. The molecule has 0 amide bonds. The van der Waals surface area contributed by atoms with Gasteiger partial charge in [-0.15, -0.1) is 0 Å². The van der Waals surface area contributed by atoms with Gasteiger partial charge in [0, 0.05) is 25.0 Å². The predicted octanol–water partition coefficient (Wildman–Crippen LogP) is 1.59. The Morgan fingerprint density at radius 2 is 2.46 bits per heavy atom. The van der Waals surface area contributed by atoms with E-state index in [2.05, 4.69) is 11.1 Å². The number of aryl methyl sites for hydroxylation is 1. The molecule has 0 saturated carbocycles. The Hall–Kier alpha value is -1.82. The van der Waals surface area contributed by atoms with Crippen molar-refractivity contribution in [2.75, 3.05) is 0 Å². The second-order valence-electron chi connectivity index (χ2n) is 2.97. The highest BCUT2D eigenvalue weighted by Crippen LogP contribution is 2.23. The lowest BCUT2D eigenvalue weighted by molar-refractivity contribution is 0.890. The first-order valence-corrected chi connectivity index (χ1v) is 4.09. The first kappa shape index (κ1) is 7.81. The lowest BCUT2D eigenvalue weighted by Crippen LogP contribution is -1.96. The smallest absolute Gasteiger partial charge is 0.139 e. The summed E-state index contributed by atoms with van der Waals surface area (Å²) in [5.41, 5.74) is 2.08. The van der Waals surface area contributed by atoms with Crippen molar-refractivity contribution in [1.82, 2.24) is 9.55 Å². The van der Waals surface area contributed by atoms with Crippen LogP contribution in [0.5, 0.6) is 0 Å². The molecule has 2 rings (SSSR count). The molecule has 0 spiro atoms. The molecule has 2 aliphatic rings. The Balaban J connectivity index is 2.58. The summed E-state index contributed by atoms with van der Waals surface area (Å²) in [5.74, 6) is 0.938. The fourth-order valence-corrected chi connectivity index (χ4v) is 1.45. The van der Waals surface area contributed by atoms with E-state index in [1.54, 1.807) is 6.20 Å². The molecule has 0 aromatic rings. The molecular formula is C10H9N3. The van der Waals surface area contributed by atoms with E-state index in [1.807, 2.05) is 29.9 Å². The number of pyridine rings is 1. The Morgan fingerprint density at radius 1 is 1.62 bits per heavy atom. The zero-order chi connectivity index (χ0) is 9.26. The van der Waals surface area contributed by atoms with Gasteiger partial charge in [-0.2, -0.15) is 5.26 Å². The lowest BCUT2D eigenvalue weighted by atomic mass is 10.1. The summed E-state index contributed by atoms with van der Waals surface area (Å²) in [6.45, 7) is 0. The molecule has 2 heterocycles. The molecule has 0 unspecified atom stereocenters. The van der Waals surface area contributed by atoms with Crippen LogP contribution in [0.15, 0.2) is 24.5 Å². The molecule has 0 aliphatic carbocycles. The third kappa shape index (κ3) is 1.17. The topological polar surface area (TPSA) is 41.6 Å². The van der Waals surface area contributed by atoms with Crippen molar-refractivity contribution in [3.63, 3.8) is 0 Å². The zero-order valence-corrected chi connectivity index (χ0v) is 7.36. The van der Waals surface area contributed by atoms with Crippen molar-refractivity contribution in [2.24, 2.45) is 7.05 Å². The fourth-order valence-electron chi connectivity index (χ4n) is 1.45. The second-order valence-corrected chi connectivity index (χ2v) is 2.97. The summed E-state index contributed by atoms with van der Waals surface area (Å²) < 4.78 is 1.95. The fraction of sp³-hybridized carbons (Fsp3) is 0.200. The Morgan fingerprint density at radius 3 is 3.23 bits per heavy atom. The molecule has 0 fully saturated rings. The summed E-state index contributed by atoms with van der Waals surface area (Å²) in [7, 11) is 1.95. The van der Waals surface area contributed by atoms with Crippen molar-refractivity contribution >= 4 is 0 Å². The van der Waals surface area contributed by atoms with E-state index in [1.165, 1.54) is 0 Å². The summed E-state index contributed by atoms with van der Waals surface area (Å²) in [6, 6.07) is 6.09. The highest BCUT2D eigenvalue weighted by atomic mass is 15.0. The Bertz CT molecular complexity index is 436. The maximum absolute atomic E-state index is 8.58. The van der Waals surface area contributed by atoms with Gasteiger partial charge in [-0.3, -0.25) is 0 Å². The average Bonchev–Trinajstić information content (AvgIpc) is 2.51. The molecule has 0 N–H and O–H groups in total.